The summed E-state index contributed by atoms with van der Waals surface area (Å²) in [5.41, 5.74) is 1.85. The molecular formula is C15H15BrN2O2. The van der Waals surface area contributed by atoms with Crippen LogP contribution in [0.15, 0.2) is 48.7 Å². The Morgan fingerprint density at radius 3 is 2.85 bits per heavy atom. The van der Waals surface area contributed by atoms with Crippen molar-refractivity contribution >= 4 is 21.8 Å². The number of alkyl halides is 1. The maximum absolute atomic E-state index is 12.3. The Labute approximate surface area is 126 Å². The number of nitrogens with zero attached hydrogens (tertiary/aromatic N) is 2. The quantitative estimate of drug-likeness (QED) is 0.789. The predicted octanol–water partition coefficient (Wildman–Crippen LogP) is 3.09. The minimum atomic E-state index is -0.0596. The third kappa shape index (κ3) is 3.81. The maximum atomic E-state index is 12.3. The van der Waals surface area contributed by atoms with Gasteiger partial charge in [0, 0.05) is 18.8 Å². The van der Waals surface area contributed by atoms with E-state index in [1.807, 2.05) is 24.3 Å². The van der Waals surface area contributed by atoms with E-state index in [-0.39, 0.29) is 5.91 Å². The Morgan fingerprint density at radius 2 is 2.15 bits per heavy atom. The summed E-state index contributed by atoms with van der Waals surface area (Å²) in [7, 11) is 1.76. The lowest BCUT2D eigenvalue weighted by atomic mass is 10.2. The van der Waals surface area contributed by atoms with Gasteiger partial charge in [0.2, 0.25) is 0 Å². The number of hydrogen-bond acceptors (Lipinski definition) is 3. The molecule has 1 amide bonds. The van der Waals surface area contributed by atoms with Crippen LogP contribution < -0.4 is 4.74 Å². The first-order valence-corrected chi connectivity index (χ1v) is 7.27. The fraction of sp³-hybridized carbons (Fsp3) is 0.200. The van der Waals surface area contributed by atoms with E-state index in [9.17, 15) is 4.79 Å². The highest BCUT2D eigenvalue weighted by Crippen LogP contribution is 2.16. The highest BCUT2D eigenvalue weighted by Gasteiger charge is 2.13. The van der Waals surface area contributed by atoms with Crippen LogP contribution in [0.1, 0.15) is 16.1 Å². The second-order valence-corrected chi connectivity index (χ2v) is 4.72. The Kier molecular flexibility index (Phi) is 5.12. The van der Waals surface area contributed by atoms with Crippen molar-refractivity contribution in [3.63, 3.8) is 0 Å². The smallest absolute Gasteiger partial charge is 0.254 e. The van der Waals surface area contributed by atoms with Gasteiger partial charge in [-0.2, -0.15) is 0 Å². The molecule has 0 saturated heterocycles. The van der Waals surface area contributed by atoms with Crippen LogP contribution in [0.4, 0.5) is 0 Å². The first-order valence-electron chi connectivity index (χ1n) is 6.15. The van der Waals surface area contributed by atoms with Crippen molar-refractivity contribution in [2.24, 2.45) is 0 Å². The summed E-state index contributed by atoms with van der Waals surface area (Å²) < 4.78 is 5.33. The SMILES string of the molecule is CN(Cc1ccccn1)C(=O)c1cccc(OCBr)c1. The van der Waals surface area contributed by atoms with Crippen molar-refractivity contribution in [3.8, 4) is 5.75 Å². The molecule has 2 rings (SSSR count). The largest absolute Gasteiger partial charge is 0.482 e. The molecule has 0 aliphatic heterocycles. The van der Waals surface area contributed by atoms with E-state index in [4.69, 9.17) is 4.74 Å². The van der Waals surface area contributed by atoms with E-state index in [0.29, 0.717) is 23.4 Å². The van der Waals surface area contributed by atoms with E-state index >= 15 is 0 Å². The molecule has 0 N–H and O–H groups in total. The number of hydrogen-bond donors (Lipinski definition) is 0. The lowest BCUT2D eigenvalue weighted by molar-refractivity contribution is 0.0783. The van der Waals surface area contributed by atoms with Gasteiger partial charge in [0.15, 0.2) is 0 Å². The molecule has 2 aromatic rings. The number of carbonyl (C=O) groups excluding carboxylic acids is 1. The number of pyridine rings is 1. The number of ether oxygens (including phenoxy) is 1. The number of halogens is 1. The summed E-state index contributed by atoms with van der Waals surface area (Å²) >= 11 is 3.20. The van der Waals surface area contributed by atoms with Crippen LogP contribution in [0.25, 0.3) is 0 Å². The zero-order valence-corrected chi connectivity index (χ0v) is 12.7. The van der Waals surface area contributed by atoms with E-state index < -0.39 is 0 Å². The summed E-state index contributed by atoms with van der Waals surface area (Å²) in [5.74, 6) is 0.606. The Hall–Kier alpha value is -1.88. The molecule has 0 aliphatic rings. The normalized spacial score (nSPS) is 10.1. The van der Waals surface area contributed by atoms with Crippen molar-refractivity contribution in [3.05, 3.63) is 59.9 Å². The minimum Gasteiger partial charge on any atom is -0.482 e. The molecule has 1 heterocycles. The number of benzene rings is 1. The number of rotatable bonds is 5. The van der Waals surface area contributed by atoms with E-state index in [2.05, 4.69) is 20.9 Å². The van der Waals surface area contributed by atoms with E-state index in [1.54, 1.807) is 36.3 Å². The molecule has 1 aromatic carbocycles. The Bertz CT molecular complexity index is 575. The van der Waals surface area contributed by atoms with Gasteiger partial charge in [-0.3, -0.25) is 9.78 Å². The third-order valence-electron chi connectivity index (χ3n) is 2.77. The average Bonchev–Trinajstić information content (AvgIpc) is 2.48. The summed E-state index contributed by atoms with van der Waals surface area (Å²) in [6, 6.07) is 12.8. The van der Waals surface area contributed by atoms with Gasteiger partial charge < -0.3 is 9.64 Å². The first kappa shape index (κ1) is 14.5. The van der Waals surface area contributed by atoms with Crippen LogP contribution in [0.2, 0.25) is 0 Å². The van der Waals surface area contributed by atoms with E-state index in [1.165, 1.54) is 0 Å². The van der Waals surface area contributed by atoms with Crippen molar-refractivity contribution in [1.82, 2.24) is 9.88 Å². The Balaban J connectivity index is 2.08. The summed E-state index contributed by atoms with van der Waals surface area (Å²) in [5, 5.41) is 0. The van der Waals surface area contributed by atoms with Crippen LogP contribution in [0.5, 0.6) is 5.75 Å². The zero-order valence-electron chi connectivity index (χ0n) is 11.1. The third-order valence-corrected chi connectivity index (χ3v) is 3.00. The molecule has 0 radical (unpaired) electrons. The summed E-state index contributed by atoms with van der Waals surface area (Å²) in [4.78, 5) is 18.2. The van der Waals surface area contributed by atoms with Crippen molar-refractivity contribution in [1.29, 1.82) is 0 Å². The van der Waals surface area contributed by atoms with Gasteiger partial charge in [-0.25, -0.2) is 0 Å². The topological polar surface area (TPSA) is 42.4 Å². The van der Waals surface area contributed by atoms with Crippen LogP contribution in [0, 0.1) is 0 Å². The molecule has 5 heteroatoms. The highest BCUT2D eigenvalue weighted by molar-refractivity contribution is 9.09. The predicted molar refractivity (Wildman–Crippen MR) is 80.9 cm³/mol. The standard InChI is InChI=1S/C15H15BrN2O2/c1-18(10-13-6-2-3-8-17-13)15(19)12-5-4-7-14(9-12)20-11-16/h2-9H,10-11H2,1H3. The molecule has 1 aromatic heterocycles. The second kappa shape index (κ2) is 7.05. The summed E-state index contributed by atoms with van der Waals surface area (Å²) in [6.07, 6.45) is 1.72. The van der Waals surface area contributed by atoms with Crippen LogP contribution >= 0.6 is 15.9 Å². The van der Waals surface area contributed by atoms with Gasteiger partial charge in [0.25, 0.3) is 5.91 Å². The molecule has 20 heavy (non-hydrogen) atoms. The second-order valence-electron chi connectivity index (χ2n) is 4.26. The molecule has 0 spiro atoms. The van der Waals surface area contributed by atoms with Crippen molar-refractivity contribution in [2.75, 3.05) is 12.6 Å². The molecule has 4 nitrogen and oxygen atoms in total. The van der Waals surface area contributed by atoms with Gasteiger partial charge in [0.05, 0.1) is 12.2 Å². The fourth-order valence-electron chi connectivity index (χ4n) is 1.81. The lowest BCUT2D eigenvalue weighted by Gasteiger charge is -2.17. The van der Waals surface area contributed by atoms with Crippen molar-refractivity contribution in [2.45, 2.75) is 6.54 Å². The van der Waals surface area contributed by atoms with Gasteiger partial charge in [0.1, 0.15) is 11.3 Å². The molecule has 104 valence electrons. The number of carbonyl (C=O) groups is 1. The molecule has 0 bridgehead atoms. The minimum absolute atomic E-state index is 0.0596. The fourth-order valence-corrected chi connectivity index (χ4v) is 2.07. The number of amides is 1. The Morgan fingerprint density at radius 1 is 1.30 bits per heavy atom. The van der Waals surface area contributed by atoms with Gasteiger partial charge in [-0.1, -0.05) is 12.1 Å². The number of aromatic nitrogens is 1. The van der Waals surface area contributed by atoms with Crippen LogP contribution in [-0.4, -0.2) is 28.4 Å². The van der Waals surface area contributed by atoms with Crippen LogP contribution in [-0.2, 0) is 6.54 Å². The first-order chi connectivity index (χ1) is 9.70. The monoisotopic (exact) mass is 334 g/mol. The maximum Gasteiger partial charge on any atom is 0.254 e. The van der Waals surface area contributed by atoms with Gasteiger partial charge >= 0.3 is 0 Å². The van der Waals surface area contributed by atoms with Gasteiger partial charge in [-0.05, 0) is 46.3 Å². The molecular weight excluding hydrogens is 320 g/mol. The van der Waals surface area contributed by atoms with E-state index in [0.717, 1.165) is 5.69 Å². The zero-order chi connectivity index (χ0) is 14.4. The molecule has 0 atom stereocenters. The lowest BCUT2D eigenvalue weighted by Crippen LogP contribution is -2.26. The molecule has 0 unspecified atom stereocenters. The van der Waals surface area contributed by atoms with Crippen LogP contribution in [0.3, 0.4) is 0 Å². The molecule has 0 fully saturated rings. The van der Waals surface area contributed by atoms with Crippen molar-refractivity contribution < 1.29 is 9.53 Å². The molecule has 0 aliphatic carbocycles. The molecule has 0 saturated carbocycles. The van der Waals surface area contributed by atoms with Gasteiger partial charge in [-0.15, -0.1) is 0 Å². The summed E-state index contributed by atoms with van der Waals surface area (Å²) in [6.45, 7) is 0.475. The average molecular weight is 335 g/mol. The highest BCUT2D eigenvalue weighted by atomic mass is 79.9.